The van der Waals surface area contributed by atoms with Crippen LogP contribution in [0.5, 0.6) is 5.75 Å². The van der Waals surface area contributed by atoms with Gasteiger partial charge in [0.25, 0.3) is 5.56 Å². The van der Waals surface area contributed by atoms with Crippen molar-refractivity contribution in [1.29, 1.82) is 0 Å². The molecule has 78 valence electrons. The number of rotatable bonds is 0. The molecule has 0 spiro atoms. The molecule has 0 unspecified atom stereocenters. The van der Waals surface area contributed by atoms with Crippen LogP contribution < -0.4 is 5.56 Å². The summed E-state index contributed by atoms with van der Waals surface area (Å²) in [5.41, 5.74) is -0.757. The van der Waals surface area contributed by atoms with E-state index in [0.717, 1.165) is 6.07 Å². The molecule has 0 bridgehead atoms. The summed E-state index contributed by atoms with van der Waals surface area (Å²) in [7, 11) is 0. The fraction of sp³-hybridized carbons (Fsp3) is 0.100. The largest absolute Gasteiger partial charge is 0.501 e. The lowest BCUT2D eigenvalue weighted by atomic mass is 10.1. The third-order valence-electron chi connectivity index (χ3n) is 2.30. The van der Waals surface area contributed by atoms with Crippen LogP contribution >= 0.6 is 0 Å². The average Bonchev–Trinajstić information content (AvgIpc) is 2.21. The number of aromatic amines is 1. The number of benzene rings is 1. The molecule has 1 aromatic carbocycles. The number of halogens is 2. The highest BCUT2D eigenvalue weighted by molar-refractivity contribution is 5.83. The Morgan fingerprint density at radius 3 is 2.67 bits per heavy atom. The Hall–Kier alpha value is -1.91. The molecule has 5 heteroatoms. The molecule has 0 amide bonds. The van der Waals surface area contributed by atoms with E-state index in [1.54, 1.807) is 0 Å². The minimum Gasteiger partial charge on any atom is -0.501 e. The predicted octanol–water partition coefficient (Wildman–Crippen LogP) is 1.82. The first-order chi connectivity index (χ1) is 7.02. The zero-order valence-corrected chi connectivity index (χ0v) is 7.77. The van der Waals surface area contributed by atoms with Gasteiger partial charge in [0, 0.05) is 10.9 Å². The van der Waals surface area contributed by atoms with Crippen LogP contribution in [0.25, 0.3) is 10.9 Å². The first-order valence-electron chi connectivity index (χ1n) is 4.22. The van der Waals surface area contributed by atoms with Gasteiger partial charge in [0.05, 0.1) is 5.52 Å². The zero-order chi connectivity index (χ0) is 11.2. The molecular weight excluding hydrogens is 204 g/mol. The highest BCUT2D eigenvalue weighted by Gasteiger charge is 2.13. The number of nitrogens with one attached hydrogen (secondary N) is 1. The van der Waals surface area contributed by atoms with Crippen molar-refractivity contribution >= 4 is 10.9 Å². The number of aromatic hydroxyl groups is 1. The molecule has 0 fully saturated rings. The Morgan fingerprint density at radius 1 is 1.33 bits per heavy atom. The van der Waals surface area contributed by atoms with Crippen LogP contribution in [0.1, 0.15) is 5.56 Å². The number of H-pyrrole nitrogens is 1. The van der Waals surface area contributed by atoms with Gasteiger partial charge in [-0.15, -0.1) is 0 Å². The van der Waals surface area contributed by atoms with E-state index < -0.39 is 22.9 Å². The molecule has 0 saturated carbocycles. The van der Waals surface area contributed by atoms with Crippen molar-refractivity contribution in [3.63, 3.8) is 0 Å². The van der Waals surface area contributed by atoms with Gasteiger partial charge >= 0.3 is 0 Å². The van der Waals surface area contributed by atoms with Gasteiger partial charge in [-0.2, -0.15) is 0 Å². The van der Waals surface area contributed by atoms with E-state index >= 15 is 0 Å². The van der Waals surface area contributed by atoms with Crippen molar-refractivity contribution in [2.75, 3.05) is 0 Å². The van der Waals surface area contributed by atoms with E-state index in [-0.39, 0.29) is 16.5 Å². The van der Waals surface area contributed by atoms with Gasteiger partial charge < -0.3 is 10.1 Å². The van der Waals surface area contributed by atoms with Gasteiger partial charge in [-0.1, -0.05) is 0 Å². The molecule has 1 aromatic heterocycles. The Kier molecular flexibility index (Phi) is 1.96. The summed E-state index contributed by atoms with van der Waals surface area (Å²) in [4.78, 5) is 13.3. The van der Waals surface area contributed by atoms with Crippen LogP contribution in [0, 0.1) is 18.6 Å². The molecule has 0 aliphatic rings. The van der Waals surface area contributed by atoms with Gasteiger partial charge in [0.15, 0.2) is 5.82 Å². The van der Waals surface area contributed by atoms with Crippen molar-refractivity contribution in [3.05, 3.63) is 39.7 Å². The van der Waals surface area contributed by atoms with E-state index in [1.165, 1.54) is 13.0 Å². The first-order valence-corrected chi connectivity index (χ1v) is 4.22. The van der Waals surface area contributed by atoms with Crippen molar-refractivity contribution in [1.82, 2.24) is 4.98 Å². The molecule has 1 heterocycles. The van der Waals surface area contributed by atoms with Crippen LogP contribution in [0.2, 0.25) is 0 Å². The van der Waals surface area contributed by atoms with E-state index in [9.17, 15) is 13.6 Å². The van der Waals surface area contributed by atoms with Gasteiger partial charge in [0.1, 0.15) is 5.82 Å². The lowest BCUT2D eigenvalue weighted by Gasteiger charge is -2.04. The molecule has 3 nitrogen and oxygen atoms in total. The summed E-state index contributed by atoms with van der Waals surface area (Å²) < 4.78 is 26.5. The molecule has 0 aliphatic carbocycles. The quantitative estimate of drug-likeness (QED) is 0.698. The topological polar surface area (TPSA) is 53.1 Å². The normalized spacial score (nSPS) is 10.9. The monoisotopic (exact) mass is 211 g/mol. The minimum absolute atomic E-state index is 0.00833. The molecule has 2 N–H and O–H groups in total. The SMILES string of the molecule is Cc1c(F)ccc2c(F)c(O)c(=O)[nH]c12. The maximum atomic E-state index is 13.4. The summed E-state index contributed by atoms with van der Waals surface area (Å²) in [6, 6.07) is 2.25. The highest BCUT2D eigenvalue weighted by atomic mass is 19.1. The van der Waals surface area contributed by atoms with Crippen LogP contribution in [-0.2, 0) is 0 Å². The van der Waals surface area contributed by atoms with Crippen molar-refractivity contribution < 1.29 is 13.9 Å². The van der Waals surface area contributed by atoms with E-state index in [0.29, 0.717) is 0 Å². The predicted molar refractivity (Wildman–Crippen MR) is 50.9 cm³/mol. The Bertz CT molecular complexity index is 604. The Morgan fingerprint density at radius 2 is 2.00 bits per heavy atom. The third kappa shape index (κ3) is 1.27. The molecule has 2 rings (SSSR count). The molecular formula is C10H7F2NO2. The fourth-order valence-corrected chi connectivity index (χ4v) is 1.43. The van der Waals surface area contributed by atoms with E-state index in [2.05, 4.69) is 4.98 Å². The van der Waals surface area contributed by atoms with Crippen molar-refractivity contribution in [2.24, 2.45) is 0 Å². The van der Waals surface area contributed by atoms with Crippen LogP contribution in [0.3, 0.4) is 0 Å². The Labute approximate surface area is 83.0 Å². The van der Waals surface area contributed by atoms with Gasteiger partial charge in [0.2, 0.25) is 5.75 Å². The number of hydrogen-bond acceptors (Lipinski definition) is 2. The number of aromatic nitrogens is 1. The molecule has 0 atom stereocenters. The van der Waals surface area contributed by atoms with Crippen LogP contribution in [0.15, 0.2) is 16.9 Å². The summed E-state index contributed by atoms with van der Waals surface area (Å²) in [6.07, 6.45) is 0. The molecule has 0 aliphatic heterocycles. The van der Waals surface area contributed by atoms with E-state index in [4.69, 9.17) is 5.11 Å². The maximum absolute atomic E-state index is 13.4. The highest BCUT2D eigenvalue weighted by Crippen LogP contribution is 2.23. The number of fused-ring (bicyclic) bond motifs is 1. The second kappa shape index (κ2) is 3.05. The van der Waals surface area contributed by atoms with Crippen molar-refractivity contribution in [2.45, 2.75) is 6.92 Å². The molecule has 15 heavy (non-hydrogen) atoms. The van der Waals surface area contributed by atoms with Crippen LogP contribution in [0.4, 0.5) is 8.78 Å². The molecule has 2 aromatic rings. The standard InChI is InChI=1S/C10H7F2NO2/c1-4-6(11)3-2-5-7(12)9(14)10(15)13-8(4)5/h2-3,14H,1H3,(H,13,15). The van der Waals surface area contributed by atoms with Gasteiger partial charge in [-0.25, -0.2) is 8.78 Å². The second-order valence-electron chi connectivity index (χ2n) is 3.21. The maximum Gasteiger partial charge on any atom is 0.293 e. The van der Waals surface area contributed by atoms with Crippen molar-refractivity contribution in [3.8, 4) is 5.75 Å². The summed E-state index contributed by atoms with van der Waals surface area (Å²) in [6.45, 7) is 1.42. The summed E-state index contributed by atoms with van der Waals surface area (Å²) in [5, 5.41) is 9.04. The van der Waals surface area contributed by atoms with Crippen LogP contribution in [-0.4, -0.2) is 10.1 Å². The average molecular weight is 211 g/mol. The fourth-order valence-electron chi connectivity index (χ4n) is 1.43. The number of hydrogen-bond donors (Lipinski definition) is 2. The zero-order valence-electron chi connectivity index (χ0n) is 7.77. The summed E-state index contributed by atoms with van der Waals surface area (Å²) >= 11 is 0. The van der Waals surface area contributed by atoms with Gasteiger partial charge in [-0.05, 0) is 19.1 Å². The molecule has 0 radical (unpaired) electrons. The first kappa shape index (κ1) is 9.64. The molecule has 0 saturated heterocycles. The number of pyridine rings is 1. The lowest BCUT2D eigenvalue weighted by molar-refractivity contribution is 0.428. The minimum atomic E-state index is -1.03. The number of aryl methyl sites for hydroxylation is 1. The lowest BCUT2D eigenvalue weighted by Crippen LogP contribution is -2.08. The second-order valence-corrected chi connectivity index (χ2v) is 3.21. The smallest absolute Gasteiger partial charge is 0.293 e. The van der Waals surface area contributed by atoms with E-state index in [1.807, 2.05) is 0 Å². The Balaban J connectivity index is 3.05. The van der Waals surface area contributed by atoms with Gasteiger partial charge in [-0.3, -0.25) is 4.79 Å². The summed E-state index contributed by atoms with van der Waals surface area (Å²) in [5.74, 6) is -2.55. The third-order valence-corrected chi connectivity index (χ3v) is 2.30.